The summed E-state index contributed by atoms with van der Waals surface area (Å²) in [7, 11) is 0. The summed E-state index contributed by atoms with van der Waals surface area (Å²) in [4.78, 5) is 4.16. The van der Waals surface area contributed by atoms with Crippen LogP contribution in [0.25, 0.3) is 0 Å². The topological polar surface area (TPSA) is 29.3 Å². The second-order valence-electron chi connectivity index (χ2n) is 5.74. The van der Waals surface area contributed by atoms with Gasteiger partial charge in [-0.1, -0.05) is 6.42 Å². The number of thiophene rings is 1. The molecule has 2 nitrogen and oxygen atoms in total. The molecule has 2 aliphatic rings. The highest BCUT2D eigenvalue weighted by Gasteiger charge is 2.38. The van der Waals surface area contributed by atoms with Gasteiger partial charge in [0, 0.05) is 30.6 Å². The van der Waals surface area contributed by atoms with Gasteiger partial charge in [0.05, 0.1) is 0 Å². The monoisotopic (exact) mass is 250 g/mol. The summed E-state index contributed by atoms with van der Waals surface area (Å²) in [6.07, 6.45) is 3.99. The highest BCUT2D eigenvalue weighted by atomic mass is 32.1. The molecule has 1 saturated heterocycles. The summed E-state index contributed by atoms with van der Waals surface area (Å²) in [5.74, 6) is 1.64. The first-order valence-electron chi connectivity index (χ1n) is 6.75. The molecule has 3 heteroatoms. The molecule has 1 aliphatic heterocycles. The zero-order chi connectivity index (χ0) is 11.8. The van der Waals surface area contributed by atoms with Crippen LogP contribution in [-0.4, -0.2) is 24.0 Å². The normalized spacial score (nSPS) is 33.9. The van der Waals surface area contributed by atoms with Gasteiger partial charge in [-0.05, 0) is 48.6 Å². The molecular formula is C14H22N2S. The number of fused-ring (bicyclic) bond motifs is 1. The predicted octanol–water partition coefficient (Wildman–Crippen LogP) is 2.62. The lowest BCUT2D eigenvalue weighted by Gasteiger charge is -2.29. The van der Waals surface area contributed by atoms with E-state index >= 15 is 0 Å². The lowest BCUT2D eigenvalue weighted by atomic mass is 9.78. The number of hydrogen-bond acceptors (Lipinski definition) is 3. The Morgan fingerprint density at radius 3 is 3.00 bits per heavy atom. The van der Waals surface area contributed by atoms with E-state index in [1.54, 1.807) is 0 Å². The molecule has 0 spiro atoms. The van der Waals surface area contributed by atoms with Gasteiger partial charge < -0.3 is 5.73 Å². The minimum atomic E-state index is 0.461. The molecule has 1 aromatic rings. The molecular weight excluding hydrogens is 228 g/mol. The van der Waals surface area contributed by atoms with E-state index in [0.717, 1.165) is 18.4 Å². The Labute approximate surface area is 108 Å². The van der Waals surface area contributed by atoms with Crippen LogP contribution < -0.4 is 5.73 Å². The number of likely N-dealkylation sites (tertiary alicyclic amines) is 1. The Morgan fingerprint density at radius 1 is 1.41 bits per heavy atom. The van der Waals surface area contributed by atoms with Gasteiger partial charge in [0.25, 0.3) is 0 Å². The lowest BCUT2D eigenvalue weighted by Crippen LogP contribution is -2.38. The second kappa shape index (κ2) is 4.71. The minimum absolute atomic E-state index is 0.461. The van der Waals surface area contributed by atoms with E-state index in [9.17, 15) is 0 Å². The SMILES string of the molecule is Cc1ccsc1CN1CC2CCCC(N)C2C1. The van der Waals surface area contributed by atoms with Crippen molar-refractivity contribution in [2.24, 2.45) is 17.6 Å². The maximum atomic E-state index is 6.26. The van der Waals surface area contributed by atoms with Crippen LogP contribution in [0.4, 0.5) is 0 Å². The summed E-state index contributed by atoms with van der Waals surface area (Å²) in [6, 6.07) is 2.69. The number of rotatable bonds is 2. The largest absolute Gasteiger partial charge is 0.327 e. The third-order valence-corrected chi connectivity index (χ3v) is 5.57. The van der Waals surface area contributed by atoms with Gasteiger partial charge in [0.1, 0.15) is 0 Å². The molecule has 1 aliphatic carbocycles. The van der Waals surface area contributed by atoms with E-state index in [0.29, 0.717) is 6.04 Å². The Hall–Kier alpha value is -0.380. The van der Waals surface area contributed by atoms with Crippen molar-refractivity contribution < 1.29 is 0 Å². The van der Waals surface area contributed by atoms with Crippen molar-refractivity contribution in [3.8, 4) is 0 Å². The average molecular weight is 250 g/mol. The predicted molar refractivity (Wildman–Crippen MR) is 73.1 cm³/mol. The molecule has 2 N–H and O–H groups in total. The van der Waals surface area contributed by atoms with E-state index in [1.165, 1.54) is 42.8 Å². The zero-order valence-corrected chi connectivity index (χ0v) is 11.4. The van der Waals surface area contributed by atoms with Crippen molar-refractivity contribution in [2.75, 3.05) is 13.1 Å². The maximum absolute atomic E-state index is 6.26. The summed E-state index contributed by atoms with van der Waals surface area (Å²) in [5.41, 5.74) is 7.71. The molecule has 94 valence electrons. The van der Waals surface area contributed by atoms with Gasteiger partial charge in [-0.25, -0.2) is 0 Å². The first kappa shape index (κ1) is 11.7. The molecule has 0 bridgehead atoms. The van der Waals surface area contributed by atoms with Crippen LogP contribution in [0.5, 0.6) is 0 Å². The molecule has 0 amide bonds. The van der Waals surface area contributed by atoms with Crippen LogP contribution in [0.1, 0.15) is 29.7 Å². The van der Waals surface area contributed by atoms with Gasteiger partial charge >= 0.3 is 0 Å². The maximum Gasteiger partial charge on any atom is 0.0330 e. The third kappa shape index (κ3) is 2.28. The molecule has 1 aromatic heterocycles. The van der Waals surface area contributed by atoms with E-state index < -0.39 is 0 Å². The highest BCUT2D eigenvalue weighted by molar-refractivity contribution is 7.10. The Balaban J connectivity index is 1.65. The minimum Gasteiger partial charge on any atom is -0.327 e. The van der Waals surface area contributed by atoms with Crippen molar-refractivity contribution in [3.63, 3.8) is 0 Å². The van der Waals surface area contributed by atoms with Crippen LogP contribution in [-0.2, 0) is 6.54 Å². The molecule has 1 saturated carbocycles. The van der Waals surface area contributed by atoms with Crippen LogP contribution in [0.2, 0.25) is 0 Å². The molecule has 0 radical (unpaired) electrons. The molecule has 0 aromatic carbocycles. The van der Waals surface area contributed by atoms with E-state index in [4.69, 9.17) is 5.73 Å². The van der Waals surface area contributed by atoms with Gasteiger partial charge in [0.15, 0.2) is 0 Å². The standard InChI is InChI=1S/C14H22N2S/c1-10-5-6-17-14(10)9-16-7-11-3-2-4-13(15)12(11)8-16/h5-6,11-13H,2-4,7-9,15H2,1H3. The van der Waals surface area contributed by atoms with Gasteiger partial charge in [-0.2, -0.15) is 0 Å². The number of nitrogens with zero attached hydrogens (tertiary/aromatic N) is 1. The van der Waals surface area contributed by atoms with E-state index in [-0.39, 0.29) is 0 Å². The molecule has 2 heterocycles. The fourth-order valence-corrected chi connectivity index (χ4v) is 4.45. The smallest absolute Gasteiger partial charge is 0.0330 e. The van der Waals surface area contributed by atoms with Gasteiger partial charge in [-0.3, -0.25) is 4.90 Å². The van der Waals surface area contributed by atoms with Crippen molar-refractivity contribution in [1.29, 1.82) is 0 Å². The molecule has 3 atom stereocenters. The summed E-state index contributed by atoms with van der Waals surface area (Å²) in [5, 5.41) is 2.21. The third-order valence-electron chi connectivity index (χ3n) is 4.56. The van der Waals surface area contributed by atoms with Crippen molar-refractivity contribution in [2.45, 2.75) is 38.8 Å². The first-order chi connectivity index (χ1) is 8.24. The lowest BCUT2D eigenvalue weighted by molar-refractivity contribution is 0.259. The number of aryl methyl sites for hydroxylation is 1. The van der Waals surface area contributed by atoms with E-state index in [2.05, 4.69) is 23.3 Å². The van der Waals surface area contributed by atoms with Gasteiger partial charge in [0.2, 0.25) is 0 Å². The number of hydrogen-bond donors (Lipinski definition) is 1. The second-order valence-corrected chi connectivity index (χ2v) is 6.74. The van der Waals surface area contributed by atoms with E-state index in [1.807, 2.05) is 11.3 Å². The highest BCUT2D eigenvalue weighted by Crippen LogP contribution is 2.36. The summed E-state index contributed by atoms with van der Waals surface area (Å²) in [6.45, 7) is 5.86. The molecule has 3 unspecified atom stereocenters. The Kier molecular flexibility index (Phi) is 3.24. The Morgan fingerprint density at radius 2 is 2.29 bits per heavy atom. The molecule has 17 heavy (non-hydrogen) atoms. The zero-order valence-electron chi connectivity index (χ0n) is 10.6. The summed E-state index contributed by atoms with van der Waals surface area (Å²) >= 11 is 1.90. The van der Waals surface area contributed by atoms with Gasteiger partial charge in [-0.15, -0.1) is 11.3 Å². The van der Waals surface area contributed by atoms with Crippen LogP contribution in [0.15, 0.2) is 11.4 Å². The van der Waals surface area contributed by atoms with Crippen LogP contribution >= 0.6 is 11.3 Å². The van der Waals surface area contributed by atoms with Crippen LogP contribution in [0, 0.1) is 18.8 Å². The Bertz CT molecular complexity index is 387. The summed E-state index contributed by atoms with van der Waals surface area (Å²) < 4.78 is 0. The first-order valence-corrected chi connectivity index (χ1v) is 7.63. The van der Waals surface area contributed by atoms with Crippen molar-refractivity contribution >= 4 is 11.3 Å². The average Bonchev–Trinajstić information content (AvgIpc) is 2.87. The fraction of sp³-hybridized carbons (Fsp3) is 0.714. The van der Waals surface area contributed by atoms with Crippen molar-refractivity contribution in [3.05, 3.63) is 21.9 Å². The fourth-order valence-electron chi connectivity index (χ4n) is 3.51. The molecule has 3 rings (SSSR count). The number of nitrogens with two attached hydrogens (primary N) is 1. The quantitative estimate of drug-likeness (QED) is 0.874. The molecule has 2 fully saturated rings. The van der Waals surface area contributed by atoms with Crippen LogP contribution in [0.3, 0.4) is 0 Å². The van der Waals surface area contributed by atoms with Crippen molar-refractivity contribution in [1.82, 2.24) is 4.90 Å².